The van der Waals surface area contributed by atoms with Gasteiger partial charge in [-0.05, 0) is 18.1 Å². The van der Waals surface area contributed by atoms with E-state index in [4.69, 9.17) is 4.52 Å². The maximum Gasteiger partial charge on any atom is 0.223 e. The van der Waals surface area contributed by atoms with Crippen molar-refractivity contribution in [1.82, 2.24) is 15.0 Å². The summed E-state index contributed by atoms with van der Waals surface area (Å²) in [4.78, 5) is 18.1. The van der Waals surface area contributed by atoms with Crippen LogP contribution in [0.15, 0.2) is 35.3 Å². The summed E-state index contributed by atoms with van der Waals surface area (Å²) in [6, 6.07) is 3.89. The number of carbonyl (C=O) groups is 1. The Bertz CT molecular complexity index is 565. The molecule has 0 fully saturated rings. The fraction of sp³-hybridized carbons (Fsp3) is 0.357. The van der Waals surface area contributed by atoms with Crippen molar-refractivity contribution >= 4 is 5.91 Å². The van der Waals surface area contributed by atoms with Crippen LogP contribution in [0.4, 0.5) is 0 Å². The third-order valence-corrected chi connectivity index (χ3v) is 3.41. The number of rotatable bonds is 3. The Morgan fingerprint density at radius 2 is 2.42 bits per heavy atom. The van der Waals surface area contributed by atoms with Gasteiger partial charge in [-0.3, -0.25) is 9.78 Å². The molecule has 1 aliphatic heterocycles. The zero-order valence-electron chi connectivity index (χ0n) is 10.6. The van der Waals surface area contributed by atoms with Crippen molar-refractivity contribution in [3.8, 4) is 0 Å². The van der Waals surface area contributed by atoms with Gasteiger partial charge in [0, 0.05) is 37.3 Å². The molecule has 3 rings (SSSR count). The van der Waals surface area contributed by atoms with Crippen LogP contribution in [0.3, 0.4) is 0 Å². The van der Waals surface area contributed by atoms with Crippen molar-refractivity contribution in [1.29, 1.82) is 0 Å². The van der Waals surface area contributed by atoms with Gasteiger partial charge in [-0.15, -0.1) is 0 Å². The number of aromatic nitrogens is 2. The lowest BCUT2D eigenvalue weighted by Gasteiger charge is -2.25. The van der Waals surface area contributed by atoms with Crippen LogP contribution in [0, 0.1) is 0 Å². The Morgan fingerprint density at radius 3 is 3.26 bits per heavy atom. The normalized spacial score (nSPS) is 14.2. The van der Waals surface area contributed by atoms with Gasteiger partial charge in [-0.1, -0.05) is 11.2 Å². The van der Waals surface area contributed by atoms with Gasteiger partial charge in [0.25, 0.3) is 0 Å². The first-order valence-corrected chi connectivity index (χ1v) is 6.42. The predicted octanol–water partition coefficient (Wildman–Crippen LogP) is 1.59. The molecule has 0 spiro atoms. The Morgan fingerprint density at radius 1 is 1.47 bits per heavy atom. The molecule has 0 aromatic carbocycles. The van der Waals surface area contributed by atoms with Crippen LogP contribution in [0.5, 0.6) is 0 Å². The molecule has 2 aromatic rings. The zero-order valence-corrected chi connectivity index (χ0v) is 10.6. The van der Waals surface area contributed by atoms with E-state index in [9.17, 15) is 4.79 Å². The number of carbonyl (C=O) groups excluding carboxylic acids is 1. The summed E-state index contributed by atoms with van der Waals surface area (Å²) < 4.78 is 4.93. The van der Waals surface area contributed by atoms with Gasteiger partial charge in [0.2, 0.25) is 5.91 Å². The largest absolute Gasteiger partial charge is 0.364 e. The molecule has 98 valence electrons. The number of nitrogens with zero attached hydrogens (tertiary/aromatic N) is 3. The standard InChI is InChI=1S/C14H15N3O2/c18-14(4-3-11-2-1-6-15-8-11)17-7-5-13-12(9-17)10-19-16-13/h1-2,6,8,10H,3-5,7,9H2. The maximum atomic E-state index is 12.2. The summed E-state index contributed by atoms with van der Waals surface area (Å²) in [5.41, 5.74) is 3.11. The van der Waals surface area contributed by atoms with Crippen molar-refractivity contribution in [2.45, 2.75) is 25.8 Å². The summed E-state index contributed by atoms with van der Waals surface area (Å²) >= 11 is 0. The molecule has 5 nitrogen and oxygen atoms in total. The van der Waals surface area contributed by atoms with Crippen LogP contribution in [0.25, 0.3) is 0 Å². The van der Waals surface area contributed by atoms with Gasteiger partial charge < -0.3 is 9.42 Å². The predicted molar refractivity (Wildman–Crippen MR) is 68.2 cm³/mol. The SMILES string of the molecule is O=C(CCc1cccnc1)N1CCc2nocc2C1. The number of amides is 1. The lowest BCUT2D eigenvalue weighted by molar-refractivity contribution is -0.132. The highest BCUT2D eigenvalue weighted by atomic mass is 16.5. The van der Waals surface area contributed by atoms with Gasteiger partial charge in [-0.2, -0.15) is 0 Å². The van der Waals surface area contributed by atoms with Gasteiger partial charge in [0.15, 0.2) is 0 Å². The van der Waals surface area contributed by atoms with E-state index in [0.717, 1.165) is 36.2 Å². The topological polar surface area (TPSA) is 59.2 Å². The van der Waals surface area contributed by atoms with Crippen LogP contribution in [0.1, 0.15) is 23.2 Å². The molecule has 3 heterocycles. The second kappa shape index (κ2) is 5.22. The molecule has 0 bridgehead atoms. The Labute approximate surface area is 111 Å². The van der Waals surface area contributed by atoms with E-state index in [2.05, 4.69) is 10.1 Å². The van der Waals surface area contributed by atoms with Crippen molar-refractivity contribution in [3.05, 3.63) is 47.6 Å². The van der Waals surface area contributed by atoms with E-state index < -0.39 is 0 Å². The van der Waals surface area contributed by atoms with E-state index in [-0.39, 0.29) is 5.91 Å². The van der Waals surface area contributed by atoms with Gasteiger partial charge in [0.05, 0.1) is 12.2 Å². The lowest BCUT2D eigenvalue weighted by atomic mass is 10.1. The van der Waals surface area contributed by atoms with E-state index in [1.165, 1.54) is 0 Å². The highest BCUT2D eigenvalue weighted by molar-refractivity contribution is 5.76. The molecule has 0 N–H and O–H groups in total. The number of hydrogen-bond acceptors (Lipinski definition) is 4. The Balaban J connectivity index is 1.57. The van der Waals surface area contributed by atoms with Gasteiger partial charge in [0.1, 0.15) is 6.26 Å². The van der Waals surface area contributed by atoms with E-state index in [1.54, 1.807) is 12.5 Å². The minimum absolute atomic E-state index is 0.177. The molecule has 1 aliphatic rings. The minimum Gasteiger partial charge on any atom is -0.364 e. The average Bonchev–Trinajstić information content (AvgIpc) is 2.93. The second-order valence-electron chi connectivity index (χ2n) is 4.71. The molecule has 0 saturated carbocycles. The molecular weight excluding hydrogens is 242 g/mol. The van der Waals surface area contributed by atoms with Crippen molar-refractivity contribution in [2.75, 3.05) is 6.54 Å². The quantitative estimate of drug-likeness (QED) is 0.837. The van der Waals surface area contributed by atoms with Crippen LogP contribution in [-0.4, -0.2) is 27.5 Å². The number of aryl methyl sites for hydroxylation is 1. The van der Waals surface area contributed by atoms with E-state index in [0.29, 0.717) is 13.0 Å². The molecular formula is C14H15N3O2. The first-order valence-electron chi connectivity index (χ1n) is 6.42. The molecule has 5 heteroatoms. The third-order valence-electron chi connectivity index (χ3n) is 3.41. The summed E-state index contributed by atoms with van der Waals surface area (Å²) in [5, 5.41) is 3.92. The summed E-state index contributed by atoms with van der Waals surface area (Å²) in [5.74, 6) is 0.177. The summed E-state index contributed by atoms with van der Waals surface area (Å²) in [6.45, 7) is 1.34. The Kier molecular flexibility index (Phi) is 3.27. The van der Waals surface area contributed by atoms with E-state index in [1.807, 2.05) is 23.2 Å². The van der Waals surface area contributed by atoms with Crippen LogP contribution < -0.4 is 0 Å². The number of fused-ring (bicyclic) bond motifs is 1. The van der Waals surface area contributed by atoms with E-state index >= 15 is 0 Å². The molecule has 1 amide bonds. The van der Waals surface area contributed by atoms with Gasteiger partial charge >= 0.3 is 0 Å². The third kappa shape index (κ3) is 2.65. The molecule has 2 aromatic heterocycles. The first-order chi connectivity index (χ1) is 9.33. The van der Waals surface area contributed by atoms with Crippen molar-refractivity contribution in [3.63, 3.8) is 0 Å². The summed E-state index contributed by atoms with van der Waals surface area (Å²) in [7, 11) is 0. The number of hydrogen-bond donors (Lipinski definition) is 0. The zero-order chi connectivity index (χ0) is 13.1. The van der Waals surface area contributed by atoms with Crippen LogP contribution in [0.2, 0.25) is 0 Å². The molecule has 0 aliphatic carbocycles. The fourth-order valence-corrected chi connectivity index (χ4v) is 2.31. The molecule has 0 unspecified atom stereocenters. The fourth-order valence-electron chi connectivity index (χ4n) is 2.31. The van der Waals surface area contributed by atoms with Crippen molar-refractivity contribution < 1.29 is 9.32 Å². The van der Waals surface area contributed by atoms with Gasteiger partial charge in [-0.25, -0.2) is 0 Å². The smallest absolute Gasteiger partial charge is 0.223 e. The lowest BCUT2D eigenvalue weighted by Crippen LogP contribution is -2.35. The highest BCUT2D eigenvalue weighted by Crippen LogP contribution is 2.18. The van der Waals surface area contributed by atoms with Crippen LogP contribution in [-0.2, 0) is 24.2 Å². The van der Waals surface area contributed by atoms with Crippen LogP contribution >= 0.6 is 0 Å². The monoisotopic (exact) mass is 257 g/mol. The first kappa shape index (κ1) is 11.9. The molecule has 0 radical (unpaired) electrons. The average molecular weight is 257 g/mol. The number of pyridine rings is 1. The Hall–Kier alpha value is -2.17. The minimum atomic E-state index is 0.177. The highest BCUT2D eigenvalue weighted by Gasteiger charge is 2.22. The van der Waals surface area contributed by atoms with Crippen molar-refractivity contribution in [2.24, 2.45) is 0 Å². The second-order valence-corrected chi connectivity index (χ2v) is 4.71. The molecule has 0 atom stereocenters. The maximum absolute atomic E-state index is 12.2. The summed E-state index contributed by atoms with van der Waals surface area (Å²) in [6.07, 6.45) is 7.22. The molecule has 19 heavy (non-hydrogen) atoms. The molecule has 0 saturated heterocycles.